The molecule has 22 heavy (non-hydrogen) atoms. The van der Waals surface area contributed by atoms with E-state index in [-0.39, 0.29) is 6.54 Å². The van der Waals surface area contributed by atoms with E-state index in [1.54, 1.807) is 25.3 Å². The Labute approximate surface area is 128 Å². The van der Waals surface area contributed by atoms with Crippen LogP contribution in [0.2, 0.25) is 0 Å². The lowest BCUT2D eigenvalue weighted by Crippen LogP contribution is -2.20. The van der Waals surface area contributed by atoms with Crippen molar-refractivity contribution in [3.8, 4) is 11.5 Å². The molecule has 0 unspecified atom stereocenters. The van der Waals surface area contributed by atoms with Gasteiger partial charge in [-0.3, -0.25) is 0 Å². The Kier molecular flexibility index (Phi) is 5.08. The van der Waals surface area contributed by atoms with Gasteiger partial charge in [0.2, 0.25) is 0 Å². The van der Waals surface area contributed by atoms with Crippen molar-refractivity contribution in [1.82, 2.24) is 5.32 Å². The van der Waals surface area contributed by atoms with Gasteiger partial charge in [0.05, 0.1) is 7.11 Å². The Morgan fingerprint density at radius 1 is 1.18 bits per heavy atom. The fraction of sp³-hybridized carbons (Fsp3) is 0.188. The summed E-state index contributed by atoms with van der Waals surface area (Å²) in [5, 5.41) is 10.9. The largest absolute Gasteiger partial charge is 0.497 e. The molecule has 0 aromatic heterocycles. The number of benzene rings is 2. The molecule has 0 radical (unpaired) electrons. The second kappa shape index (κ2) is 7.21. The van der Waals surface area contributed by atoms with Crippen molar-refractivity contribution < 1.29 is 19.4 Å². The summed E-state index contributed by atoms with van der Waals surface area (Å²) in [6.07, 6.45) is -1.09. The maximum Gasteiger partial charge on any atom is 0.404 e. The van der Waals surface area contributed by atoms with Gasteiger partial charge in [-0.15, -0.1) is 0 Å². The van der Waals surface area contributed by atoms with Crippen molar-refractivity contribution in [3.63, 3.8) is 0 Å². The third-order valence-corrected chi connectivity index (χ3v) is 3.11. The molecule has 0 heterocycles. The second-order valence-electron chi connectivity index (χ2n) is 4.66. The van der Waals surface area contributed by atoms with Crippen molar-refractivity contribution in [2.45, 2.75) is 13.2 Å². The Morgan fingerprint density at radius 2 is 1.86 bits per heavy atom. The van der Waals surface area contributed by atoms with Crippen LogP contribution in [0.25, 0.3) is 0 Å². The Bertz CT molecular complexity index is 641. The monoisotopic (exact) mass is 302 g/mol. The minimum Gasteiger partial charge on any atom is -0.497 e. The summed E-state index contributed by atoms with van der Waals surface area (Å²) in [5.41, 5.74) is 8.01. The molecular formula is C16H18N2O4. The minimum atomic E-state index is -1.09. The lowest BCUT2D eigenvalue weighted by atomic mass is 10.1. The van der Waals surface area contributed by atoms with Crippen LogP contribution in [0.1, 0.15) is 11.1 Å². The zero-order valence-corrected chi connectivity index (χ0v) is 12.2. The van der Waals surface area contributed by atoms with Gasteiger partial charge >= 0.3 is 6.09 Å². The normalized spacial score (nSPS) is 10.0. The first kappa shape index (κ1) is 15.5. The van der Waals surface area contributed by atoms with E-state index in [0.717, 1.165) is 11.3 Å². The standard InChI is InChI=1S/C16H18N2O4/c1-21-13-4-2-11(3-5-13)10-22-14-6-7-15(17)12(8-14)9-18-16(19)20/h2-8,18H,9-10,17H2,1H3,(H,19,20). The van der Waals surface area contributed by atoms with E-state index in [4.69, 9.17) is 20.3 Å². The first-order chi connectivity index (χ1) is 10.6. The molecule has 2 aromatic rings. The zero-order chi connectivity index (χ0) is 15.9. The van der Waals surface area contributed by atoms with Gasteiger partial charge in [-0.2, -0.15) is 0 Å². The first-order valence-corrected chi connectivity index (χ1v) is 6.69. The predicted octanol–water partition coefficient (Wildman–Crippen LogP) is 2.62. The lowest BCUT2D eigenvalue weighted by Gasteiger charge is -2.11. The molecule has 0 aliphatic rings. The molecule has 2 rings (SSSR count). The highest BCUT2D eigenvalue weighted by Gasteiger charge is 2.04. The van der Waals surface area contributed by atoms with Crippen LogP contribution < -0.4 is 20.5 Å². The lowest BCUT2D eigenvalue weighted by molar-refractivity contribution is 0.194. The molecule has 0 aliphatic heterocycles. The van der Waals surface area contributed by atoms with E-state index >= 15 is 0 Å². The van der Waals surface area contributed by atoms with Gasteiger partial charge in [-0.25, -0.2) is 4.79 Å². The maximum atomic E-state index is 10.5. The van der Waals surface area contributed by atoms with Gasteiger partial charge in [0.1, 0.15) is 18.1 Å². The highest BCUT2D eigenvalue weighted by Crippen LogP contribution is 2.21. The number of hydrogen-bond donors (Lipinski definition) is 3. The van der Waals surface area contributed by atoms with E-state index in [2.05, 4.69) is 5.32 Å². The average Bonchev–Trinajstić information content (AvgIpc) is 2.53. The van der Waals surface area contributed by atoms with Crippen LogP contribution in [-0.4, -0.2) is 18.3 Å². The molecule has 6 heteroatoms. The number of nitrogens with one attached hydrogen (secondary N) is 1. The summed E-state index contributed by atoms with van der Waals surface area (Å²) >= 11 is 0. The summed E-state index contributed by atoms with van der Waals surface area (Å²) in [5.74, 6) is 1.42. The van der Waals surface area contributed by atoms with Crippen LogP contribution in [0.15, 0.2) is 42.5 Å². The predicted molar refractivity (Wildman–Crippen MR) is 83.0 cm³/mol. The summed E-state index contributed by atoms with van der Waals surface area (Å²) in [4.78, 5) is 10.5. The average molecular weight is 302 g/mol. The summed E-state index contributed by atoms with van der Waals surface area (Å²) in [6, 6.07) is 12.7. The molecule has 0 saturated heterocycles. The molecule has 116 valence electrons. The zero-order valence-electron chi connectivity index (χ0n) is 12.2. The molecular weight excluding hydrogens is 284 g/mol. The molecule has 2 aromatic carbocycles. The third kappa shape index (κ3) is 4.31. The van der Waals surface area contributed by atoms with E-state index in [1.807, 2.05) is 24.3 Å². The van der Waals surface area contributed by atoms with Crippen molar-refractivity contribution in [2.24, 2.45) is 0 Å². The number of anilines is 1. The van der Waals surface area contributed by atoms with Gasteiger partial charge in [-0.1, -0.05) is 12.1 Å². The molecule has 0 spiro atoms. The number of carbonyl (C=O) groups is 1. The van der Waals surface area contributed by atoms with Gasteiger partial charge in [-0.05, 0) is 41.5 Å². The quantitative estimate of drug-likeness (QED) is 0.713. The van der Waals surface area contributed by atoms with Gasteiger partial charge < -0.3 is 25.6 Å². The van der Waals surface area contributed by atoms with Gasteiger partial charge in [0, 0.05) is 12.2 Å². The number of hydrogen-bond acceptors (Lipinski definition) is 4. The smallest absolute Gasteiger partial charge is 0.404 e. The topological polar surface area (TPSA) is 93.8 Å². The number of amides is 1. The molecule has 6 nitrogen and oxygen atoms in total. The van der Waals surface area contributed by atoms with Crippen molar-refractivity contribution in [1.29, 1.82) is 0 Å². The van der Waals surface area contributed by atoms with E-state index in [9.17, 15) is 4.79 Å². The summed E-state index contributed by atoms with van der Waals surface area (Å²) < 4.78 is 10.8. The Hall–Kier alpha value is -2.89. The first-order valence-electron chi connectivity index (χ1n) is 6.69. The number of methoxy groups -OCH3 is 1. The third-order valence-electron chi connectivity index (χ3n) is 3.11. The van der Waals surface area contributed by atoms with Crippen molar-refractivity contribution >= 4 is 11.8 Å². The van der Waals surface area contributed by atoms with Crippen LogP contribution in [0.3, 0.4) is 0 Å². The maximum absolute atomic E-state index is 10.5. The van der Waals surface area contributed by atoms with Crippen molar-refractivity contribution in [3.05, 3.63) is 53.6 Å². The fourth-order valence-electron chi connectivity index (χ4n) is 1.88. The summed E-state index contributed by atoms with van der Waals surface area (Å²) in [6.45, 7) is 0.542. The van der Waals surface area contributed by atoms with E-state index in [1.165, 1.54) is 0 Å². The summed E-state index contributed by atoms with van der Waals surface area (Å²) in [7, 11) is 1.62. The highest BCUT2D eigenvalue weighted by molar-refractivity contribution is 5.65. The van der Waals surface area contributed by atoms with Crippen LogP contribution in [0.4, 0.5) is 10.5 Å². The van der Waals surface area contributed by atoms with Gasteiger partial charge in [0.25, 0.3) is 0 Å². The number of nitrogens with two attached hydrogens (primary N) is 1. The molecule has 0 fully saturated rings. The van der Waals surface area contributed by atoms with E-state index < -0.39 is 6.09 Å². The van der Waals surface area contributed by atoms with Crippen LogP contribution in [0, 0.1) is 0 Å². The molecule has 0 bridgehead atoms. The molecule has 0 aliphatic carbocycles. The number of rotatable bonds is 6. The minimum absolute atomic E-state index is 0.140. The fourth-order valence-corrected chi connectivity index (χ4v) is 1.88. The molecule has 0 saturated carbocycles. The van der Waals surface area contributed by atoms with Gasteiger partial charge in [0.15, 0.2) is 0 Å². The van der Waals surface area contributed by atoms with Crippen molar-refractivity contribution in [2.75, 3.05) is 12.8 Å². The Balaban J connectivity index is 1.99. The second-order valence-corrected chi connectivity index (χ2v) is 4.66. The molecule has 4 N–H and O–H groups in total. The van der Waals surface area contributed by atoms with E-state index in [0.29, 0.717) is 23.6 Å². The van der Waals surface area contributed by atoms with Crippen LogP contribution in [-0.2, 0) is 13.2 Å². The Morgan fingerprint density at radius 3 is 2.50 bits per heavy atom. The number of carboxylic acid groups (broad SMARTS) is 1. The molecule has 1 amide bonds. The van der Waals surface area contributed by atoms with Crippen LogP contribution in [0.5, 0.6) is 11.5 Å². The number of nitrogen functional groups attached to an aromatic ring is 1. The highest BCUT2D eigenvalue weighted by atomic mass is 16.5. The molecule has 0 atom stereocenters. The number of ether oxygens (including phenoxy) is 2. The SMILES string of the molecule is COc1ccc(COc2ccc(N)c(CNC(=O)O)c2)cc1. The van der Waals surface area contributed by atoms with Crippen LogP contribution >= 0.6 is 0 Å².